The molecular weight excluding hydrogens is 308 g/mol. The van der Waals surface area contributed by atoms with Crippen molar-refractivity contribution in [1.29, 1.82) is 0 Å². The summed E-state index contributed by atoms with van der Waals surface area (Å²) < 4.78 is 5.46. The Hall–Kier alpha value is -0.900. The number of morpholine rings is 1. The number of likely N-dealkylation sites (tertiary alicyclic amines) is 1. The van der Waals surface area contributed by atoms with Crippen molar-refractivity contribution in [3.05, 3.63) is 21.9 Å². The largest absolute Gasteiger partial charge is 0.384 e. The first-order valence-corrected chi connectivity index (χ1v) is 9.44. The molecule has 0 aliphatic carbocycles. The summed E-state index contributed by atoms with van der Waals surface area (Å²) in [7, 11) is 0. The van der Waals surface area contributed by atoms with Crippen LogP contribution < -0.4 is 0 Å². The van der Waals surface area contributed by atoms with Crippen LogP contribution in [-0.2, 0) is 11.3 Å². The monoisotopic (exact) mass is 334 g/mol. The molecule has 1 unspecified atom stereocenters. The molecule has 0 bridgehead atoms. The summed E-state index contributed by atoms with van der Waals surface area (Å²) in [4.78, 5) is 6.58. The molecule has 2 saturated heterocycles. The van der Waals surface area contributed by atoms with Crippen molar-refractivity contribution in [2.24, 2.45) is 0 Å². The zero-order valence-corrected chi connectivity index (χ0v) is 14.5. The first-order valence-electron chi connectivity index (χ1n) is 8.56. The second-order valence-corrected chi connectivity index (χ2v) is 7.29. The van der Waals surface area contributed by atoms with Crippen LogP contribution in [0, 0.1) is 11.8 Å². The van der Waals surface area contributed by atoms with Gasteiger partial charge < -0.3 is 9.84 Å². The molecule has 0 radical (unpaired) electrons. The number of aliphatic hydroxyl groups excluding tert-OH is 1. The van der Waals surface area contributed by atoms with Gasteiger partial charge >= 0.3 is 0 Å². The molecule has 2 fully saturated rings. The number of thiophene rings is 1. The number of piperidine rings is 1. The third-order valence-electron chi connectivity index (χ3n) is 4.65. The second-order valence-electron chi connectivity index (χ2n) is 6.29. The quantitative estimate of drug-likeness (QED) is 0.852. The van der Waals surface area contributed by atoms with Gasteiger partial charge in [-0.2, -0.15) is 0 Å². The van der Waals surface area contributed by atoms with Gasteiger partial charge in [0.25, 0.3) is 0 Å². The van der Waals surface area contributed by atoms with Crippen molar-refractivity contribution < 1.29 is 9.84 Å². The van der Waals surface area contributed by atoms with E-state index in [4.69, 9.17) is 9.84 Å². The van der Waals surface area contributed by atoms with E-state index in [0.29, 0.717) is 6.04 Å². The van der Waals surface area contributed by atoms with Gasteiger partial charge in [-0.05, 0) is 25.5 Å². The zero-order chi connectivity index (χ0) is 15.9. The molecule has 23 heavy (non-hydrogen) atoms. The standard InChI is InChI=1S/C18H26N2O2S/c21-9-3-4-16-12-18(23-15-16)14-20-6-2-1-5-17(20)13-19-7-10-22-11-8-19/h12,15,17,21H,1-2,5-11,13-14H2. The molecule has 0 aromatic carbocycles. The molecule has 1 aromatic heterocycles. The molecule has 0 amide bonds. The molecule has 1 aromatic rings. The molecule has 0 spiro atoms. The van der Waals surface area contributed by atoms with E-state index >= 15 is 0 Å². The third-order valence-corrected chi connectivity index (χ3v) is 5.57. The van der Waals surface area contributed by atoms with E-state index in [2.05, 4.69) is 33.1 Å². The van der Waals surface area contributed by atoms with Gasteiger partial charge in [0.2, 0.25) is 0 Å². The average molecular weight is 334 g/mol. The van der Waals surface area contributed by atoms with Gasteiger partial charge in [-0.3, -0.25) is 9.80 Å². The molecule has 3 rings (SSSR count). The Kier molecular flexibility index (Phi) is 6.49. The number of ether oxygens (including phenoxy) is 1. The average Bonchev–Trinajstić information content (AvgIpc) is 3.03. The van der Waals surface area contributed by atoms with E-state index in [0.717, 1.165) is 38.4 Å². The van der Waals surface area contributed by atoms with Crippen LogP contribution in [0.25, 0.3) is 0 Å². The summed E-state index contributed by atoms with van der Waals surface area (Å²) in [5.74, 6) is 5.72. The topological polar surface area (TPSA) is 35.9 Å². The van der Waals surface area contributed by atoms with Crippen LogP contribution in [0.1, 0.15) is 29.7 Å². The Morgan fingerprint density at radius 1 is 1.26 bits per heavy atom. The summed E-state index contributed by atoms with van der Waals surface area (Å²) in [6, 6.07) is 2.84. The number of rotatable bonds is 4. The SMILES string of the molecule is OCC#Cc1csc(CN2CCCCC2CN2CCOCC2)c1. The summed E-state index contributed by atoms with van der Waals surface area (Å²) in [5.41, 5.74) is 1.03. The second kappa shape index (κ2) is 8.81. The normalized spacial score (nSPS) is 23.4. The van der Waals surface area contributed by atoms with Crippen LogP contribution in [0.5, 0.6) is 0 Å². The summed E-state index contributed by atoms with van der Waals surface area (Å²) in [6.45, 7) is 7.24. The summed E-state index contributed by atoms with van der Waals surface area (Å²) in [5, 5.41) is 10.9. The Balaban J connectivity index is 1.58. The van der Waals surface area contributed by atoms with Crippen LogP contribution >= 0.6 is 11.3 Å². The van der Waals surface area contributed by atoms with Crippen molar-refractivity contribution in [1.82, 2.24) is 9.80 Å². The molecule has 0 saturated carbocycles. The molecule has 1 N–H and O–H groups in total. The fourth-order valence-corrected chi connectivity index (χ4v) is 4.27. The highest BCUT2D eigenvalue weighted by Crippen LogP contribution is 2.23. The Morgan fingerprint density at radius 3 is 2.96 bits per heavy atom. The first kappa shape index (κ1) is 16.9. The van der Waals surface area contributed by atoms with E-state index < -0.39 is 0 Å². The molecule has 1 atom stereocenters. The third kappa shape index (κ3) is 5.03. The van der Waals surface area contributed by atoms with Crippen LogP contribution in [0.15, 0.2) is 11.4 Å². The highest BCUT2D eigenvalue weighted by molar-refractivity contribution is 7.10. The van der Waals surface area contributed by atoms with Crippen LogP contribution in [0.3, 0.4) is 0 Å². The van der Waals surface area contributed by atoms with Crippen LogP contribution in [-0.4, -0.2) is 66.9 Å². The van der Waals surface area contributed by atoms with Gasteiger partial charge in [-0.25, -0.2) is 0 Å². The van der Waals surface area contributed by atoms with E-state index in [1.165, 1.54) is 37.2 Å². The summed E-state index contributed by atoms with van der Waals surface area (Å²) >= 11 is 1.78. The molecule has 126 valence electrons. The van der Waals surface area contributed by atoms with Crippen molar-refractivity contribution in [2.45, 2.75) is 31.8 Å². The number of hydrogen-bond acceptors (Lipinski definition) is 5. The van der Waals surface area contributed by atoms with Gasteiger partial charge in [-0.1, -0.05) is 18.3 Å². The first-order chi connectivity index (χ1) is 11.3. The lowest BCUT2D eigenvalue weighted by atomic mass is 10.0. The van der Waals surface area contributed by atoms with Crippen molar-refractivity contribution in [3.63, 3.8) is 0 Å². The van der Waals surface area contributed by atoms with E-state index in [9.17, 15) is 0 Å². The minimum atomic E-state index is -0.0705. The van der Waals surface area contributed by atoms with Gasteiger partial charge in [0.05, 0.1) is 13.2 Å². The van der Waals surface area contributed by atoms with Gasteiger partial charge in [0.1, 0.15) is 6.61 Å². The van der Waals surface area contributed by atoms with Gasteiger partial charge in [-0.15, -0.1) is 11.3 Å². The Morgan fingerprint density at radius 2 is 2.13 bits per heavy atom. The Labute approximate surface area is 143 Å². The van der Waals surface area contributed by atoms with E-state index in [-0.39, 0.29) is 6.61 Å². The fraction of sp³-hybridized carbons (Fsp3) is 0.667. The molecule has 5 heteroatoms. The summed E-state index contributed by atoms with van der Waals surface area (Å²) in [6.07, 6.45) is 3.96. The molecule has 3 heterocycles. The fourth-order valence-electron chi connectivity index (χ4n) is 3.43. The Bertz CT molecular complexity index is 543. The van der Waals surface area contributed by atoms with E-state index in [1.54, 1.807) is 11.3 Å². The van der Waals surface area contributed by atoms with E-state index in [1.807, 2.05) is 0 Å². The lowest BCUT2D eigenvalue weighted by Crippen LogP contribution is -2.48. The maximum atomic E-state index is 8.79. The minimum absolute atomic E-state index is 0.0705. The highest BCUT2D eigenvalue weighted by atomic mass is 32.1. The van der Waals surface area contributed by atoms with Crippen LogP contribution in [0.4, 0.5) is 0 Å². The van der Waals surface area contributed by atoms with Gasteiger partial charge in [0, 0.05) is 48.0 Å². The molecular formula is C18H26N2O2S. The lowest BCUT2D eigenvalue weighted by Gasteiger charge is -2.39. The maximum Gasteiger partial charge on any atom is 0.104 e. The predicted octanol–water partition coefficient (Wildman–Crippen LogP) is 1.78. The lowest BCUT2D eigenvalue weighted by molar-refractivity contribution is 0.0155. The van der Waals surface area contributed by atoms with Crippen molar-refractivity contribution >= 4 is 11.3 Å². The highest BCUT2D eigenvalue weighted by Gasteiger charge is 2.25. The molecule has 4 nitrogen and oxygen atoms in total. The number of hydrogen-bond donors (Lipinski definition) is 1. The number of nitrogens with zero attached hydrogens (tertiary/aromatic N) is 2. The zero-order valence-electron chi connectivity index (χ0n) is 13.7. The maximum absolute atomic E-state index is 8.79. The van der Waals surface area contributed by atoms with Crippen LogP contribution in [0.2, 0.25) is 0 Å². The minimum Gasteiger partial charge on any atom is -0.384 e. The number of aliphatic hydroxyl groups is 1. The van der Waals surface area contributed by atoms with Gasteiger partial charge in [0.15, 0.2) is 0 Å². The van der Waals surface area contributed by atoms with Crippen molar-refractivity contribution in [3.8, 4) is 11.8 Å². The smallest absolute Gasteiger partial charge is 0.104 e. The predicted molar refractivity (Wildman–Crippen MR) is 93.6 cm³/mol. The molecule has 2 aliphatic rings. The van der Waals surface area contributed by atoms with Crippen molar-refractivity contribution in [2.75, 3.05) is 46.0 Å². The molecule has 2 aliphatic heterocycles.